The largest absolute Gasteiger partial charge is 0.508 e. The van der Waals surface area contributed by atoms with Gasteiger partial charge in [-0.1, -0.05) is 25.8 Å². The molecule has 2 N–H and O–H groups in total. The fourth-order valence-corrected chi connectivity index (χ4v) is 7.86. The van der Waals surface area contributed by atoms with Crippen molar-refractivity contribution in [1.82, 2.24) is 25.2 Å². The number of piperazine rings is 1. The van der Waals surface area contributed by atoms with Gasteiger partial charge in [0.25, 0.3) is 0 Å². The summed E-state index contributed by atoms with van der Waals surface area (Å²) in [5.41, 5.74) is -0.784. The van der Waals surface area contributed by atoms with Crippen molar-refractivity contribution in [3.63, 3.8) is 0 Å². The predicted octanol–water partition coefficient (Wildman–Crippen LogP) is 4.79. The second kappa shape index (κ2) is 13.6. The molecule has 3 saturated heterocycles. The Bertz CT molecular complexity index is 1960. The van der Waals surface area contributed by atoms with E-state index in [2.05, 4.69) is 26.1 Å². The lowest BCUT2D eigenvalue weighted by Gasteiger charge is -2.46. The first-order chi connectivity index (χ1) is 24.2. The molecule has 0 spiro atoms. The number of anilines is 1. The van der Waals surface area contributed by atoms with Crippen LogP contribution in [0.25, 0.3) is 32.9 Å². The van der Waals surface area contributed by atoms with Gasteiger partial charge < -0.3 is 24.8 Å². The molecule has 256 valence electrons. The second-order valence-corrected chi connectivity index (χ2v) is 13.4. The number of aromatic hydroxyl groups is 1. The molecular formula is C37H40B2F2N6O3. The van der Waals surface area contributed by atoms with E-state index < -0.39 is 22.6 Å². The number of nitrogens with one attached hydrogen (secondary N) is 1. The minimum absolute atomic E-state index is 0.0223. The molecule has 4 aliphatic rings. The number of hydrogen-bond acceptors (Lipinski definition) is 9. The summed E-state index contributed by atoms with van der Waals surface area (Å²) in [7, 11) is 13.6. The van der Waals surface area contributed by atoms with E-state index in [1.165, 1.54) is 30.5 Å². The van der Waals surface area contributed by atoms with E-state index in [-0.39, 0.29) is 45.5 Å². The van der Waals surface area contributed by atoms with E-state index in [1.807, 2.05) is 18.7 Å². The molecule has 50 heavy (non-hydrogen) atoms. The Hall–Kier alpha value is -3.98. The number of benzene rings is 2. The molecule has 13 heteroatoms. The first-order valence-corrected chi connectivity index (χ1v) is 17.6. The van der Waals surface area contributed by atoms with E-state index in [0.717, 1.165) is 51.6 Å². The van der Waals surface area contributed by atoms with Crippen molar-refractivity contribution < 1.29 is 23.4 Å². The number of phenolic OH excluding ortho intramolecular Hbond substituents is 1. The molecule has 1 atom stereocenters. The smallest absolute Gasteiger partial charge is 0.318 e. The molecule has 0 amide bonds. The van der Waals surface area contributed by atoms with Gasteiger partial charge in [-0.05, 0) is 75.2 Å². The van der Waals surface area contributed by atoms with Gasteiger partial charge in [-0.25, -0.2) is 8.78 Å². The number of aromatic nitrogens is 3. The van der Waals surface area contributed by atoms with Gasteiger partial charge in [0, 0.05) is 53.8 Å². The van der Waals surface area contributed by atoms with Gasteiger partial charge in [-0.15, -0.1) is 6.42 Å². The van der Waals surface area contributed by atoms with Crippen LogP contribution in [0.2, 0.25) is 0 Å². The highest BCUT2D eigenvalue weighted by atomic mass is 19.1. The maximum atomic E-state index is 17.0. The normalized spacial score (nSPS) is 20.4. The third-order valence-electron chi connectivity index (χ3n) is 10.3. The highest BCUT2D eigenvalue weighted by molar-refractivity contribution is 6.40. The molecule has 2 aromatic carbocycles. The topological polar surface area (TPSA) is 95.9 Å². The quantitative estimate of drug-likeness (QED) is 0.202. The monoisotopic (exact) mass is 676 g/mol. The first-order valence-electron chi connectivity index (χ1n) is 17.6. The molecule has 0 bridgehead atoms. The highest BCUT2D eigenvalue weighted by Gasteiger charge is 2.54. The lowest BCUT2D eigenvalue weighted by molar-refractivity contribution is 0.0507. The van der Waals surface area contributed by atoms with E-state index in [1.54, 1.807) is 0 Å². The molecule has 4 fully saturated rings. The standard InChI is InChI=1S/C35H34B2F2N6O3.C2H6/c1-2-24-27(38)8-5-20-15-22(46)16-25(28(20)24)30-29(39)31-26(17-41-30)32(44-14-11-40-21(18-44)19-47-23-6-7-23)43-33(42-31)48-35(36,37)34-9-3-12-45(34)13-4-10-34;1-2/h1,5,8,15-17,21,23,40,46H,3-4,6-7,9-14,18-19H2;1-2H3. The fraction of sp³-hybridized carbons (Fsp3) is 0.486. The fourth-order valence-electron chi connectivity index (χ4n) is 7.86. The van der Waals surface area contributed by atoms with Crippen LogP contribution in [0.1, 0.15) is 57.9 Å². The third-order valence-corrected chi connectivity index (χ3v) is 10.3. The van der Waals surface area contributed by atoms with E-state index in [4.69, 9.17) is 36.6 Å². The summed E-state index contributed by atoms with van der Waals surface area (Å²) < 4.78 is 44.1. The Labute approximate surface area is 294 Å². The van der Waals surface area contributed by atoms with Gasteiger partial charge in [0.1, 0.15) is 44.3 Å². The number of phenols is 1. The number of terminal acetylenes is 1. The van der Waals surface area contributed by atoms with Crippen LogP contribution in [0, 0.1) is 24.0 Å². The minimum Gasteiger partial charge on any atom is -0.508 e. The van der Waals surface area contributed by atoms with Crippen molar-refractivity contribution in [2.75, 3.05) is 44.2 Å². The molecule has 4 radical (unpaired) electrons. The zero-order valence-corrected chi connectivity index (χ0v) is 28.5. The van der Waals surface area contributed by atoms with Crippen molar-refractivity contribution in [3.8, 4) is 35.4 Å². The number of halogens is 2. The van der Waals surface area contributed by atoms with E-state index in [0.29, 0.717) is 48.9 Å². The summed E-state index contributed by atoms with van der Waals surface area (Å²) >= 11 is 0. The van der Waals surface area contributed by atoms with Crippen LogP contribution in [-0.4, -0.2) is 103 Å². The van der Waals surface area contributed by atoms with Crippen LogP contribution in [0.5, 0.6) is 11.8 Å². The molecule has 1 aliphatic carbocycles. The molecule has 3 aliphatic heterocycles. The molecule has 9 nitrogen and oxygen atoms in total. The molecule has 4 aromatic rings. The summed E-state index contributed by atoms with van der Waals surface area (Å²) in [6.07, 6.45) is 13.1. The lowest BCUT2D eigenvalue weighted by atomic mass is 9.53. The highest BCUT2D eigenvalue weighted by Crippen LogP contribution is 2.46. The Morgan fingerprint density at radius 3 is 2.60 bits per heavy atom. The molecular weight excluding hydrogens is 636 g/mol. The van der Waals surface area contributed by atoms with Crippen molar-refractivity contribution in [2.24, 2.45) is 0 Å². The number of pyridine rings is 1. The van der Waals surface area contributed by atoms with Gasteiger partial charge in [-0.3, -0.25) is 9.88 Å². The molecule has 8 rings (SSSR count). The molecule has 1 saturated carbocycles. The Morgan fingerprint density at radius 1 is 1.12 bits per heavy atom. The van der Waals surface area contributed by atoms with Crippen LogP contribution < -0.4 is 15.0 Å². The van der Waals surface area contributed by atoms with Crippen LogP contribution in [0.3, 0.4) is 0 Å². The predicted molar refractivity (Wildman–Crippen MR) is 192 cm³/mol. The van der Waals surface area contributed by atoms with Crippen molar-refractivity contribution in [2.45, 2.75) is 75.5 Å². The van der Waals surface area contributed by atoms with Crippen molar-refractivity contribution in [1.29, 1.82) is 0 Å². The number of ether oxygens (including phenoxy) is 2. The van der Waals surface area contributed by atoms with Gasteiger partial charge in [0.05, 0.1) is 23.7 Å². The summed E-state index contributed by atoms with van der Waals surface area (Å²) in [5.74, 6) is 1.18. The first kappa shape index (κ1) is 34.5. The molecule has 2 aromatic heterocycles. The third kappa shape index (κ3) is 6.05. The van der Waals surface area contributed by atoms with E-state index >= 15 is 4.39 Å². The summed E-state index contributed by atoms with van der Waals surface area (Å²) in [6, 6.07) is 5.31. The molecule has 5 heterocycles. The lowest BCUT2D eigenvalue weighted by Crippen LogP contribution is -2.63. The van der Waals surface area contributed by atoms with Crippen molar-refractivity contribution >= 4 is 43.2 Å². The van der Waals surface area contributed by atoms with Crippen LogP contribution >= 0.6 is 0 Å². The van der Waals surface area contributed by atoms with Gasteiger partial charge >= 0.3 is 6.01 Å². The number of fused-ring (bicyclic) bond motifs is 3. The van der Waals surface area contributed by atoms with Crippen LogP contribution in [-0.2, 0) is 4.74 Å². The number of nitrogens with zero attached hydrogens (tertiary/aromatic N) is 5. The number of rotatable bonds is 8. The zero-order valence-electron chi connectivity index (χ0n) is 28.5. The average molecular weight is 676 g/mol. The number of hydrogen-bond donors (Lipinski definition) is 2. The minimum atomic E-state index is -1.65. The van der Waals surface area contributed by atoms with Gasteiger partial charge in [-0.2, -0.15) is 9.97 Å². The Kier molecular flexibility index (Phi) is 9.39. The Morgan fingerprint density at radius 2 is 1.88 bits per heavy atom. The SMILES string of the molecule is CC.[B]C([B])(Oc1nc(N2CCNC(COC3CC3)C2)c2cnc(-c3cc(O)cc4ccc(F)c(C#C)c34)c(F)c2n1)C12CCCN1CCC2. The van der Waals surface area contributed by atoms with Crippen molar-refractivity contribution in [3.05, 3.63) is 47.7 Å². The van der Waals surface area contributed by atoms with Gasteiger partial charge in [0.2, 0.25) is 0 Å². The Balaban J connectivity index is 0.00000193. The maximum absolute atomic E-state index is 17.0. The summed E-state index contributed by atoms with van der Waals surface area (Å²) in [4.78, 5) is 18.2. The maximum Gasteiger partial charge on any atom is 0.318 e. The van der Waals surface area contributed by atoms with Gasteiger partial charge in [0.15, 0.2) is 5.82 Å². The second-order valence-electron chi connectivity index (χ2n) is 13.4. The molecule has 1 unspecified atom stereocenters. The van der Waals surface area contributed by atoms with Crippen LogP contribution in [0.4, 0.5) is 14.6 Å². The average Bonchev–Trinajstić information content (AvgIpc) is 3.70. The van der Waals surface area contributed by atoms with Crippen LogP contribution in [0.15, 0.2) is 30.5 Å². The summed E-state index contributed by atoms with van der Waals surface area (Å²) in [5, 5.41) is 13.5. The van der Waals surface area contributed by atoms with E-state index in [9.17, 15) is 9.50 Å². The summed E-state index contributed by atoms with van der Waals surface area (Å²) in [6.45, 7) is 8.05. The zero-order chi connectivity index (χ0) is 35.2.